The summed E-state index contributed by atoms with van der Waals surface area (Å²) in [6, 6.07) is 14.0. The van der Waals surface area contributed by atoms with E-state index in [1.807, 2.05) is 55.1 Å². The highest BCUT2D eigenvalue weighted by Crippen LogP contribution is 2.30. The molecule has 1 N–H and O–H groups in total. The van der Waals surface area contributed by atoms with E-state index < -0.39 is 6.10 Å². The van der Waals surface area contributed by atoms with E-state index in [0.717, 1.165) is 27.7 Å². The van der Waals surface area contributed by atoms with Crippen LogP contribution in [0.3, 0.4) is 0 Å². The van der Waals surface area contributed by atoms with Gasteiger partial charge in [-0.25, -0.2) is 0 Å². The second-order valence-corrected chi connectivity index (χ2v) is 5.22. The first-order chi connectivity index (χ1) is 9.59. The van der Waals surface area contributed by atoms with Crippen LogP contribution < -0.4 is 0 Å². The van der Waals surface area contributed by atoms with Crippen molar-refractivity contribution in [2.75, 3.05) is 0 Å². The maximum Gasteiger partial charge on any atom is 0.124 e. The Bertz CT molecular complexity index is 774. The van der Waals surface area contributed by atoms with Crippen molar-refractivity contribution in [3.63, 3.8) is 0 Å². The Hall–Kier alpha value is -2.13. The summed E-state index contributed by atoms with van der Waals surface area (Å²) in [5, 5.41) is 16.2. The molecule has 3 heteroatoms. The van der Waals surface area contributed by atoms with Crippen LogP contribution in [0.2, 0.25) is 0 Å². The summed E-state index contributed by atoms with van der Waals surface area (Å²) >= 11 is 0. The molecule has 1 aromatic heterocycles. The van der Waals surface area contributed by atoms with Gasteiger partial charge in [0.1, 0.15) is 11.8 Å². The lowest BCUT2D eigenvalue weighted by Crippen LogP contribution is -2.05. The average Bonchev–Trinajstić information content (AvgIpc) is 2.79. The Morgan fingerprint density at radius 1 is 1.05 bits per heavy atom. The predicted octanol–water partition coefficient (Wildman–Crippen LogP) is 3.27. The number of nitrogens with zero attached hydrogens (tertiary/aromatic N) is 2. The minimum atomic E-state index is -0.694. The minimum Gasteiger partial charge on any atom is -0.382 e. The lowest BCUT2D eigenvalue weighted by Gasteiger charge is -2.13. The van der Waals surface area contributed by atoms with Gasteiger partial charge in [0.05, 0.1) is 5.52 Å². The smallest absolute Gasteiger partial charge is 0.124 e. The number of rotatable bonds is 2. The minimum absolute atomic E-state index is 0.694. The predicted molar refractivity (Wildman–Crippen MR) is 80.7 cm³/mol. The molecule has 1 unspecified atom stereocenters. The van der Waals surface area contributed by atoms with E-state index in [9.17, 15) is 5.11 Å². The summed E-state index contributed by atoms with van der Waals surface area (Å²) in [5.74, 6) is 0. The van der Waals surface area contributed by atoms with Crippen molar-refractivity contribution in [2.45, 2.75) is 20.0 Å². The fourth-order valence-corrected chi connectivity index (χ4v) is 2.66. The lowest BCUT2D eigenvalue weighted by atomic mass is 9.96. The van der Waals surface area contributed by atoms with E-state index in [1.165, 1.54) is 5.56 Å². The quantitative estimate of drug-likeness (QED) is 0.773. The van der Waals surface area contributed by atoms with Crippen LogP contribution >= 0.6 is 0 Å². The lowest BCUT2D eigenvalue weighted by molar-refractivity contribution is 0.215. The van der Waals surface area contributed by atoms with Gasteiger partial charge < -0.3 is 5.11 Å². The zero-order chi connectivity index (χ0) is 14.3. The summed E-state index contributed by atoms with van der Waals surface area (Å²) in [5.41, 5.74) is 4.98. The van der Waals surface area contributed by atoms with E-state index in [1.54, 1.807) is 0 Å². The molecule has 0 aliphatic rings. The molecule has 20 heavy (non-hydrogen) atoms. The fraction of sp³-hybridized carbons (Fsp3) is 0.235. The summed E-state index contributed by atoms with van der Waals surface area (Å²) in [7, 11) is 1.90. The van der Waals surface area contributed by atoms with Crippen molar-refractivity contribution in [1.82, 2.24) is 9.78 Å². The number of para-hydroxylation sites is 1. The summed E-state index contributed by atoms with van der Waals surface area (Å²) in [4.78, 5) is 0. The molecule has 3 rings (SSSR count). The number of aliphatic hydroxyl groups excluding tert-OH is 1. The van der Waals surface area contributed by atoms with Crippen LogP contribution in [-0.4, -0.2) is 14.9 Å². The highest BCUT2D eigenvalue weighted by Gasteiger charge is 2.20. The topological polar surface area (TPSA) is 38.1 Å². The van der Waals surface area contributed by atoms with Gasteiger partial charge in [-0.1, -0.05) is 36.4 Å². The van der Waals surface area contributed by atoms with Crippen molar-refractivity contribution in [3.8, 4) is 0 Å². The molecule has 0 spiro atoms. The number of hydrogen-bond donors (Lipinski definition) is 1. The highest BCUT2D eigenvalue weighted by molar-refractivity contribution is 5.82. The Morgan fingerprint density at radius 2 is 1.80 bits per heavy atom. The molecule has 3 nitrogen and oxygen atoms in total. The Kier molecular flexibility index (Phi) is 3.07. The van der Waals surface area contributed by atoms with Crippen molar-refractivity contribution in [1.29, 1.82) is 0 Å². The molecular formula is C17H18N2O. The molecule has 0 radical (unpaired) electrons. The first-order valence-corrected chi connectivity index (χ1v) is 6.75. The number of aliphatic hydroxyl groups is 1. The van der Waals surface area contributed by atoms with Crippen LogP contribution in [0.4, 0.5) is 0 Å². The summed E-state index contributed by atoms with van der Waals surface area (Å²) in [6.45, 7) is 4.10. The standard InChI is InChI=1S/C17H18N2O/c1-11-7-6-9-13(12(11)2)17(20)16-14-8-4-5-10-15(14)19(3)18-16/h4-10,17,20H,1-3H3. The second-order valence-electron chi connectivity index (χ2n) is 5.22. The van der Waals surface area contributed by atoms with Gasteiger partial charge in [0.25, 0.3) is 0 Å². The largest absolute Gasteiger partial charge is 0.382 e. The average molecular weight is 266 g/mol. The van der Waals surface area contributed by atoms with Crippen LogP contribution in [-0.2, 0) is 7.05 Å². The van der Waals surface area contributed by atoms with E-state index >= 15 is 0 Å². The molecule has 102 valence electrons. The van der Waals surface area contributed by atoms with Gasteiger partial charge in [-0.3, -0.25) is 4.68 Å². The number of hydrogen-bond acceptors (Lipinski definition) is 2. The first kappa shape index (κ1) is 12.9. The monoisotopic (exact) mass is 266 g/mol. The molecular weight excluding hydrogens is 248 g/mol. The van der Waals surface area contributed by atoms with E-state index in [4.69, 9.17) is 0 Å². The molecule has 0 fully saturated rings. The molecule has 3 aromatic rings. The zero-order valence-electron chi connectivity index (χ0n) is 12.0. The van der Waals surface area contributed by atoms with Crippen LogP contribution in [0.25, 0.3) is 10.9 Å². The molecule has 1 heterocycles. The molecule has 0 aliphatic heterocycles. The SMILES string of the molecule is Cc1cccc(C(O)c2nn(C)c3ccccc23)c1C. The molecule has 0 saturated carbocycles. The van der Waals surface area contributed by atoms with Gasteiger partial charge >= 0.3 is 0 Å². The number of fused-ring (bicyclic) bond motifs is 1. The number of aryl methyl sites for hydroxylation is 2. The molecule has 0 aliphatic carbocycles. The second kappa shape index (κ2) is 4.76. The molecule has 1 atom stereocenters. The fourth-order valence-electron chi connectivity index (χ4n) is 2.66. The van der Waals surface area contributed by atoms with Crippen LogP contribution in [0.5, 0.6) is 0 Å². The Balaban J connectivity index is 2.18. The normalized spacial score (nSPS) is 12.8. The molecule has 0 saturated heterocycles. The van der Waals surface area contributed by atoms with Crippen LogP contribution in [0.15, 0.2) is 42.5 Å². The van der Waals surface area contributed by atoms with Crippen molar-refractivity contribution >= 4 is 10.9 Å². The van der Waals surface area contributed by atoms with E-state index in [-0.39, 0.29) is 0 Å². The van der Waals surface area contributed by atoms with Gasteiger partial charge in [0.15, 0.2) is 0 Å². The molecule has 0 bridgehead atoms. The summed E-state index contributed by atoms with van der Waals surface area (Å²) < 4.78 is 1.82. The van der Waals surface area contributed by atoms with E-state index in [2.05, 4.69) is 18.1 Å². The van der Waals surface area contributed by atoms with Crippen LogP contribution in [0, 0.1) is 13.8 Å². The van der Waals surface area contributed by atoms with Crippen molar-refractivity contribution in [2.24, 2.45) is 7.05 Å². The van der Waals surface area contributed by atoms with Gasteiger partial charge in [-0.05, 0) is 36.6 Å². The maximum absolute atomic E-state index is 10.7. The third kappa shape index (κ3) is 1.91. The van der Waals surface area contributed by atoms with Crippen molar-refractivity contribution < 1.29 is 5.11 Å². The van der Waals surface area contributed by atoms with Crippen molar-refractivity contribution in [3.05, 3.63) is 64.8 Å². The van der Waals surface area contributed by atoms with Crippen LogP contribution in [0.1, 0.15) is 28.5 Å². The summed E-state index contributed by atoms with van der Waals surface area (Å²) in [6.07, 6.45) is -0.694. The zero-order valence-corrected chi connectivity index (χ0v) is 12.0. The van der Waals surface area contributed by atoms with Gasteiger partial charge in [0, 0.05) is 12.4 Å². The third-order valence-corrected chi connectivity index (χ3v) is 3.99. The molecule has 2 aromatic carbocycles. The number of aromatic nitrogens is 2. The highest BCUT2D eigenvalue weighted by atomic mass is 16.3. The third-order valence-electron chi connectivity index (χ3n) is 3.99. The van der Waals surface area contributed by atoms with Gasteiger partial charge in [-0.15, -0.1) is 0 Å². The molecule has 0 amide bonds. The number of benzene rings is 2. The Morgan fingerprint density at radius 3 is 2.60 bits per heavy atom. The Labute approximate surface area is 118 Å². The van der Waals surface area contributed by atoms with E-state index in [0.29, 0.717) is 0 Å². The van der Waals surface area contributed by atoms with Gasteiger partial charge in [-0.2, -0.15) is 5.10 Å². The maximum atomic E-state index is 10.7. The van der Waals surface area contributed by atoms with Gasteiger partial charge in [0.2, 0.25) is 0 Å². The first-order valence-electron chi connectivity index (χ1n) is 6.75.